The van der Waals surface area contributed by atoms with Crippen LogP contribution in [0.15, 0.2) is 18.5 Å². The van der Waals surface area contributed by atoms with Gasteiger partial charge in [0.15, 0.2) is 9.84 Å². The smallest absolute Gasteiger partial charge is 0.151 e. The van der Waals surface area contributed by atoms with Crippen LogP contribution in [0.4, 0.5) is 0 Å². The van der Waals surface area contributed by atoms with Crippen LogP contribution in [0.3, 0.4) is 0 Å². The fourth-order valence-corrected chi connectivity index (χ4v) is 4.42. The Balaban J connectivity index is 1.78. The van der Waals surface area contributed by atoms with E-state index in [9.17, 15) is 8.42 Å². The van der Waals surface area contributed by atoms with E-state index in [1.165, 1.54) is 0 Å². The summed E-state index contributed by atoms with van der Waals surface area (Å²) in [5, 5.41) is 3.31. The molecule has 0 bridgehead atoms. The summed E-state index contributed by atoms with van der Waals surface area (Å²) in [4.78, 5) is 8.65. The lowest BCUT2D eigenvalue weighted by Gasteiger charge is -2.11. The quantitative estimate of drug-likeness (QED) is 0.899. The number of pyridine rings is 1. The van der Waals surface area contributed by atoms with Crippen molar-refractivity contribution in [3.63, 3.8) is 0 Å². The largest absolute Gasteiger partial charge is 0.327 e. The highest BCUT2D eigenvalue weighted by Crippen LogP contribution is 2.16. The van der Waals surface area contributed by atoms with E-state index in [1.807, 2.05) is 6.07 Å². The van der Waals surface area contributed by atoms with Gasteiger partial charge in [0.1, 0.15) is 11.3 Å². The summed E-state index contributed by atoms with van der Waals surface area (Å²) in [6.45, 7) is 3.49. The lowest BCUT2D eigenvalue weighted by molar-refractivity contribution is 0.529. The summed E-state index contributed by atoms with van der Waals surface area (Å²) < 4.78 is 25.0. The van der Waals surface area contributed by atoms with Gasteiger partial charge in [-0.2, -0.15) is 0 Å². The molecule has 0 aliphatic carbocycles. The zero-order chi connectivity index (χ0) is 14.2. The summed E-state index contributed by atoms with van der Waals surface area (Å²) >= 11 is 0. The van der Waals surface area contributed by atoms with E-state index in [0.717, 1.165) is 23.4 Å². The van der Waals surface area contributed by atoms with Gasteiger partial charge < -0.3 is 9.88 Å². The lowest BCUT2D eigenvalue weighted by Crippen LogP contribution is -2.30. The maximum atomic E-state index is 11.4. The third-order valence-corrected chi connectivity index (χ3v) is 5.50. The fourth-order valence-electron chi connectivity index (χ4n) is 2.71. The molecule has 0 radical (unpaired) electrons. The van der Waals surface area contributed by atoms with Crippen molar-refractivity contribution in [3.05, 3.63) is 24.3 Å². The summed E-state index contributed by atoms with van der Waals surface area (Å²) in [5.74, 6) is 1.46. The van der Waals surface area contributed by atoms with E-state index < -0.39 is 9.84 Å². The lowest BCUT2D eigenvalue weighted by atomic mass is 10.2. The normalized spacial score (nSPS) is 21.6. The molecule has 6 nitrogen and oxygen atoms in total. The van der Waals surface area contributed by atoms with Crippen LogP contribution < -0.4 is 5.32 Å². The number of aryl methyl sites for hydroxylation is 1. The van der Waals surface area contributed by atoms with Crippen LogP contribution in [0.1, 0.15) is 19.2 Å². The maximum absolute atomic E-state index is 11.4. The minimum absolute atomic E-state index is 0.0447. The van der Waals surface area contributed by atoms with Gasteiger partial charge in [0.05, 0.1) is 29.8 Å². The van der Waals surface area contributed by atoms with Crippen molar-refractivity contribution in [2.75, 3.05) is 11.5 Å². The molecule has 1 aliphatic rings. The second-order valence-electron chi connectivity index (χ2n) is 5.12. The molecule has 3 rings (SSSR count). The fraction of sp³-hybridized carbons (Fsp3) is 0.538. The highest BCUT2D eigenvalue weighted by atomic mass is 32.2. The minimum atomic E-state index is -2.84. The Morgan fingerprint density at radius 2 is 2.35 bits per heavy atom. The number of rotatable bonds is 4. The summed E-state index contributed by atoms with van der Waals surface area (Å²) in [6.07, 6.45) is 4.21. The second-order valence-corrected chi connectivity index (χ2v) is 7.35. The molecule has 0 saturated carbocycles. The number of hydrogen-bond donors (Lipinski definition) is 1. The average Bonchev–Trinajstić information content (AvgIpc) is 2.95. The first-order valence-electron chi connectivity index (χ1n) is 6.82. The number of aromatic nitrogens is 3. The maximum Gasteiger partial charge on any atom is 0.151 e. The van der Waals surface area contributed by atoms with Crippen molar-refractivity contribution in [3.8, 4) is 0 Å². The van der Waals surface area contributed by atoms with E-state index in [2.05, 4.69) is 26.8 Å². The first-order valence-corrected chi connectivity index (χ1v) is 8.64. The Morgan fingerprint density at radius 3 is 3.05 bits per heavy atom. The van der Waals surface area contributed by atoms with Crippen molar-refractivity contribution >= 4 is 20.9 Å². The number of fused-ring (bicyclic) bond motifs is 1. The molecular weight excluding hydrogens is 276 g/mol. The molecule has 1 saturated heterocycles. The van der Waals surface area contributed by atoms with Crippen molar-refractivity contribution in [1.82, 2.24) is 19.9 Å². The van der Waals surface area contributed by atoms with Gasteiger partial charge >= 0.3 is 0 Å². The Hall–Kier alpha value is -1.47. The summed E-state index contributed by atoms with van der Waals surface area (Å²) in [5.41, 5.74) is 1.95. The van der Waals surface area contributed by atoms with E-state index in [-0.39, 0.29) is 11.8 Å². The zero-order valence-electron chi connectivity index (χ0n) is 11.4. The standard InChI is InChI=1S/C13H18N4O2S/c1-2-17-12-3-5-14-7-11(12)16-13(17)8-15-10-4-6-20(18,19)9-10/h3,5,7,10,15H,2,4,6,8-9H2,1H3. The molecule has 108 valence electrons. The van der Waals surface area contributed by atoms with E-state index in [0.29, 0.717) is 18.7 Å². The molecule has 3 heterocycles. The SMILES string of the molecule is CCn1c(CNC2CCS(=O)(=O)C2)nc2cnccc21. The molecule has 1 fully saturated rings. The van der Waals surface area contributed by atoms with Gasteiger partial charge in [-0.3, -0.25) is 4.98 Å². The zero-order valence-corrected chi connectivity index (χ0v) is 12.2. The predicted octanol–water partition coefficient (Wildman–Crippen LogP) is 0.728. The predicted molar refractivity (Wildman–Crippen MR) is 77.1 cm³/mol. The van der Waals surface area contributed by atoms with Gasteiger partial charge in [-0.15, -0.1) is 0 Å². The number of nitrogens with one attached hydrogen (secondary N) is 1. The van der Waals surface area contributed by atoms with Crippen LogP contribution in [-0.4, -0.2) is 40.5 Å². The number of imidazole rings is 1. The summed E-state index contributed by atoms with van der Waals surface area (Å²) in [7, 11) is -2.84. The van der Waals surface area contributed by atoms with Gasteiger partial charge in [0.2, 0.25) is 0 Å². The van der Waals surface area contributed by atoms with Crippen LogP contribution in [0.5, 0.6) is 0 Å². The molecule has 1 aliphatic heterocycles. The van der Waals surface area contributed by atoms with Gasteiger partial charge in [0, 0.05) is 18.8 Å². The third-order valence-electron chi connectivity index (χ3n) is 3.73. The van der Waals surface area contributed by atoms with E-state index >= 15 is 0 Å². The van der Waals surface area contributed by atoms with Gasteiger partial charge in [-0.05, 0) is 19.4 Å². The van der Waals surface area contributed by atoms with Crippen LogP contribution in [-0.2, 0) is 22.9 Å². The molecule has 1 atom stereocenters. The molecule has 7 heteroatoms. The topological polar surface area (TPSA) is 76.9 Å². The van der Waals surface area contributed by atoms with Crippen molar-refractivity contribution in [2.24, 2.45) is 0 Å². The van der Waals surface area contributed by atoms with Crippen LogP contribution >= 0.6 is 0 Å². The number of nitrogens with zero attached hydrogens (tertiary/aromatic N) is 3. The first-order chi connectivity index (χ1) is 9.59. The Kier molecular flexibility index (Phi) is 3.47. The molecule has 1 N–H and O–H groups in total. The second kappa shape index (κ2) is 5.14. The van der Waals surface area contributed by atoms with Gasteiger partial charge in [0.25, 0.3) is 0 Å². The molecule has 20 heavy (non-hydrogen) atoms. The van der Waals surface area contributed by atoms with E-state index in [4.69, 9.17) is 0 Å². The van der Waals surface area contributed by atoms with Crippen molar-refractivity contribution < 1.29 is 8.42 Å². The molecule has 0 amide bonds. The molecule has 2 aromatic rings. The molecule has 0 spiro atoms. The summed E-state index contributed by atoms with van der Waals surface area (Å²) in [6, 6.07) is 2.00. The van der Waals surface area contributed by atoms with Crippen molar-refractivity contribution in [2.45, 2.75) is 32.5 Å². The van der Waals surface area contributed by atoms with Crippen LogP contribution in [0.25, 0.3) is 11.0 Å². The Labute approximate surface area is 118 Å². The molecular formula is C13H18N4O2S. The molecule has 2 aromatic heterocycles. The third kappa shape index (κ3) is 2.55. The Bertz CT molecular complexity index is 723. The van der Waals surface area contributed by atoms with Crippen molar-refractivity contribution in [1.29, 1.82) is 0 Å². The Morgan fingerprint density at radius 1 is 1.50 bits per heavy atom. The van der Waals surface area contributed by atoms with Crippen LogP contribution in [0, 0.1) is 0 Å². The van der Waals surface area contributed by atoms with Gasteiger partial charge in [-0.25, -0.2) is 13.4 Å². The number of sulfone groups is 1. The average molecular weight is 294 g/mol. The monoisotopic (exact) mass is 294 g/mol. The minimum Gasteiger partial charge on any atom is -0.327 e. The highest BCUT2D eigenvalue weighted by Gasteiger charge is 2.27. The van der Waals surface area contributed by atoms with E-state index in [1.54, 1.807) is 12.4 Å². The van der Waals surface area contributed by atoms with Gasteiger partial charge in [-0.1, -0.05) is 0 Å². The molecule has 0 aromatic carbocycles. The van der Waals surface area contributed by atoms with Crippen LogP contribution in [0.2, 0.25) is 0 Å². The number of hydrogen-bond acceptors (Lipinski definition) is 5. The molecule has 1 unspecified atom stereocenters. The first kappa shape index (κ1) is 13.5. The highest BCUT2D eigenvalue weighted by molar-refractivity contribution is 7.91.